The molecular formula is C12H17N5O4S. The molecule has 0 aromatic carbocycles. The highest BCUT2D eigenvalue weighted by Crippen LogP contribution is 2.29. The minimum atomic E-state index is -2.92. The van der Waals surface area contributed by atoms with Crippen LogP contribution in [0.3, 0.4) is 0 Å². The molecule has 2 fully saturated rings. The molecule has 0 spiro atoms. The van der Waals surface area contributed by atoms with Gasteiger partial charge in [0, 0.05) is 12.6 Å². The van der Waals surface area contributed by atoms with Crippen molar-refractivity contribution in [2.75, 3.05) is 28.7 Å². The van der Waals surface area contributed by atoms with Crippen LogP contribution < -0.4 is 10.6 Å². The predicted octanol–water partition coefficient (Wildman–Crippen LogP) is 0.806. The van der Waals surface area contributed by atoms with Crippen LogP contribution in [0.25, 0.3) is 0 Å². The van der Waals surface area contributed by atoms with Crippen LogP contribution in [0, 0.1) is 16.0 Å². The number of aromatic nitrogens is 2. The summed E-state index contributed by atoms with van der Waals surface area (Å²) in [6.45, 7) is 0.444. The van der Waals surface area contributed by atoms with Gasteiger partial charge in [0.15, 0.2) is 9.84 Å². The van der Waals surface area contributed by atoms with Crippen molar-refractivity contribution in [3.05, 3.63) is 16.3 Å². The Morgan fingerprint density at radius 3 is 2.73 bits per heavy atom. The van der Waals surface area contributed by atoms with Crippen LogP contribution in [0.1, 0.15) is 19.3 Å². The Bertz CT molecular complexity index is 689. The minimum absolute atomic E-state index is 0.0311. The van der Waals surface area contributed by atoms with E-state index >= 15 is 0 Å². The summed E-state index contributed by atoms with van der Waals surface area (Å²) >= 11 is 0. The zero-order chi connectivity index (χ0) is 15.7. The van der Waals surface area contributed by atoms with Gasteiger partial charge in [0.2, 0.25) is 11.8 Å². The molecule has 1 saturated carbocycles. The second-order valence-electron chi connectivity index (χ2n) is 5.75. The highest BCUT2D eigenvalue weighted by molar-refractivity contribution is 7.91. The molecule has 120 valence electrons. The fraction of sp³-hybridized carbons (Fsp3) is 0.667. The lowest BCUT2D eigenvalue weighted by atomic mass is 10.1. The van der Waals surface area contributed by atoms with Gasteiger partial charge < -0.3 is 10.6 Å². The normalized spacial score (nSPS) is 23.2. The van der Waals surface area contributed by atoms with E-state index in [4.69, 9.17) is 0 Å². The van der Waals surface area contributed by atoms with Gasteiger partial charge in [-0.1, -0.05) is 0 Å². The average Bonchev–Trinajstić information content (AvgIpc) is 3.19. The number of rotatable bonds is 6. The van der Waals surface area contributed by atoms with Crippen LogP contribution in [0.2, 0.25) is 0 Å². The maximum Gasteiger partial charge on any atom is 0.329 e. The zero-order valence-corrected chi connectivity index (χ0v) is 12.7. The Balaban J connectivity index is 1.67. The van der Waals surface area contributed by atoms with Gasteiger partial charge in [-0.25, -0.2) is 13.4 Å². The molecule has 1 aromatic rings. The predicted molar refractivity (Wildman–Crippen MR) is 80.6 cm³/mol. The van der Waals surface area contributed by atoms with Crippen molar-refractivity contribution in [3.63, 3.8) is 0 Å². The first-order chi connectivity index (χ1) is 10.4. The monoisotopic (exact) mass is 327 g/mol. The zero-order valence-electron chi connectivity index (χ0n) is 11.9. The van der Waals surface area contributed by atoms with Crippen LogP contribution >= 0.6 is 0 Å². The van der Waals surface area contributed by atoms with E-state index in [0.29, 0.717) is 13.0 Å². The van der Waals surface area contributed by atoms with Gasteiger partial charge in [0.25, 0.3) is 0 Å². The Morgan fingerprint density at radius 1 is 1.36 bits per heavy atom. The molecule has 3 rings (SSSR count). The maximum atomic E-state index is 11.4. The van der Waals surface area contributed by atoms with E-state index in [2.05, 4.69) is 20.6 Å². The van der Waals surface area contributed by atoms with Crippen molar-refractivity contribution in [2.45, 2.75) is 25.3 Å². The Kier molecular flexibility index (Phi) is 3.85. The molecule has 0 radical (unpaired) electrons. The first kappa shape index (κ1) is 14.9. The van der Waals surface area contributed by atoms with Crippen LogP contribution in [0.4, 0.5) is 17.5 Å². The molecule has 0 bridgehead atoms. The molecule has 2 heterocycles. The molecule has 2 aliphatic rings. The first-order valence-electron chi connectivity index (χ1n) is 7.15. The maximum absolute atomic E-state index is 11.4. The second kappa shape index (κ2) is 5.67. The van der Waals surface area contributed by atoms with Gasteiger partial charge in [-0.15, -0.1) is 0 Å². The molecule has 1 aromatic heterocycles. The number of nitro groups is 1. The SMILES string of the molecule is O=[N+]([O-])c1cnc(NCC2CCS(=O)(=O)C2)nc1NC1CC1. The summed E-state index contributed by atoms with van der Waals surface area (Å²) in [6.07, 6.45) is 3.74. The molecule has 1 aliphatic carbocycles. The highest BCUT2D eigenvalue weighted by Gasteiger charge is 2.29. The van der Waals surface area contributed by atoms with Crippen molar-refractivity contribution in [2.24, 2.45) is 5.92 Å². The summed E-state index contributed by atoms with van der Waals surface area (Å²) in [4.78, 5) is 18.5. The molecule has 1 atom stereocenters. The van der Waals surface area contributed by atoms with Gasteiger partial charge in [0.1, 0.15) is 6.20 Å². The van der Waals surface area contributed by atoms with E-state index in [1.54, 1.807) is 0 Å². The second-order valence-corrected chi connectivity index (χ2v) is 7.98. The standard InChI is InChI=1S/C12H17N5O4S/c18-17(19)10-6-14-12(16-11(10)15-9-1-2-9)13-5-8-3-4-22(20,21)7-8/h6,8-9H,1-5,7H2,(H2,13,14,15,16). The molecule has 1 unspecified atom stereocenters. The summed E-state index contributed by atoms with van der Waals surface area (Å²) in [5.74, 6) is 0.903. The fourth-order valence-corrected chi connectivity index (χ4v) is 4.25. The molecule has 1 saturated heterocycles. The first-order valence-corrected chi connectivity index (χ1v) is 8.97. The quantitative estimate of drug-likeness (QED) is 0.580. The molecule has 9 nitrogen and oxygen atoms in total. The van der Waals surface area contributed by atoms with Crippen LogP contribution in [-0.2, 0) is 9.84 Å². The molecular weight excluding hydrogens is 310 g/mol. The molecule has 2 N–H and O–H groups in total. The average molecular weight is 327 g/mol. The third-order valence-corrected chi connectivity index (χ3v) is 5.60. The number of hydrogen-bond donors (Lipinski definition) is 2. The van der Waals surface area contributed by atoms with Gasteiger partial charge in [0.05, 0.1) is 16.4 Å². The van der Waals surface area contributed by atoms with E-state index < -0.39 is 14.8 Å². The molecule has 0 amide bonds. The van der Waals surface area contributed by atoms with E-state index in [-0.39, 0.29) is 40.9 Å². The van der Waals surface area contributed by atoms with E-state index in [0.717, 1.165) is 12.8 Å². The number of anilines is 2. The topological polar surface area (TPSA) is 127 Å². The summed E-state index contributed by atoms with van der Waals surface area (Å²) < 4.78 is 22.8. The highest BCUT2D eigenvalue weighted by atomic mass is 32.2. The summed E-state index contributed by atoms with van der Waals surface area (Å²) in [5, 5.41) is 17.0. The summed E-state index contributed by atoms with van der Waals surface area (Å²) in [7, 11) is -2.92. The van der Waals surface area contributed by atoms with Crippen molar-refractivity contribution in [1.29, 1.82) is 0 Å². The fourth-order valence-electron chi connectivity index (χ4n) is 2.39. The third-order valence-electron chi connectivity index (χ3n) is 3.76. The van der Waals surface area contributed by atoms with Crippen LogP contribution in [0.15, 0.2) is 6.20 Å². The van der Waals surface area contributed by atoms with E-state index in [1.807, 2.05) is 0 Å². The van der Waals surface area contributed by atoms with Crippen LogP contribution in [0.5, 0.6) is 0 Å². The molecule has 1 aliphatic heterocycles. The largest absolute Gasteiger partial charge is 0.361 e. The Labute approximate surface area is 127 Å². The van der Waals surface area contributed by atoms with Crippen LogP contribution in [-0.4, -0.2) is 47.4 Å². The van der Waals surface area contributed by atoms with Crippen molar-refractivity contribution in [3.8, 4) is 0 Å². The number of nitrogens with one attached hydrogen (secondary N) is 2. The number of sulfone groups is 1. The third kappa shape index (κ3) is 3.62. The number of hydrogen-bond acceptors (Lipinski definition) is 8. The summed E-state index contributed by atoms with van der Waals surface area (Å²) in [6, 6.07) is 0.237. The van der Waals surface area contributed by atoms with Crippen molar-refractivity contribution < 1.29 is 13.3 Å². The number of nitrogens with zero attached hydrogens (tertiary/aromatic N) is 3. The van der Waals surface area contributed by atoms with Gasteiger partial charge in [-0.05, 0) is 25.2 Å². The van der Waals surface area contributed by atoms with E-state index in [9.17, 15) is 18.5 Å². The van der Waals surface area contributed by atoms with Gasteiger partial charge in [-0.2, -0.15) is 4.98 Å². The Morgan fingerprint density at radius 2 is 2.14 bits per heavy atom. The van der Waals surface area contributed by atoms with Gasteiger partial charge >= 0.3 is 5.69 Å². The lowest BCUT2D eigenvalue weighted by Gasteiger charge is -2.11. The minimum Gasteiger partial charge on any atom is -0.361 e. The smallest absolute Gasteiger partial charge is 0.329 e. The molecule has 22 heavy (non-hydrogen) atoms. The lowest BCUT2D eigenvalue weighted by molar-refractivity contribution is -0.384. The lowest BCUT2D eigenvalue weighted by Crippen LogP contribution is -2.17. The van der Waals surface area contributed by atoms with Gasteiger partial charge in [-0.3, -0.25) is 10.1 Å². The Hall–Kier alpha value is -1.97. The van der Waals surface area contributed by atoms with E-state index in [1.165, 1.54) is 6.20 Å². The summed E-state index contributed by atoms with van der Waals surface area (Å²) in [5.41, 5.74) is -0.152. The van der Waals surface area contributed by atoms with Crippen molar-refractivity contribution in [1.82, 2.24) is 9.97 Å². The van der Waals surface area contributed by atoms with Crippen molar-refractivity contribution >= 4 is 27.3 Å². The molecule has 10 heteroatoms.